The molecule has 1 aromatic rings. The number of carbonyl (C=O) groups excluding carboxylic acids is 2. The van der Waals surface area contributed by atoms with Gasteiger partial charge in [0.2, 0.25) is 11.8 Å². The number of allylic oxidation sites excluding steroid dienone is 2. The molecule has 1 fully saturated rings. The Morgan fingerprint density at radius 3 is 2.45 bits per heavy atom. The molecule has 1 heterocycles. The lowest BCUT2D eigenvalue weighted by Gasteiger charge is -2.54. The summed E-state index contributed by atoms with van der Waals surface area (Å²) in [6.45, 7) is 2.14. The van der Waals surface area contributed by atoms with E-state index >= 15 is 0 Å². The average Bonchev–Trinajstić information content (AvgIpc) is 2.67. The standard InChI is InChI=1S/C23H33N3O3/c1-16(28)26-20(13-24-22(29)14-25(2)3)23(21(26)15-27)19-11-9-18(10-12-19)17-7-5-4-6-8-17/h7,9-12,20-21,23,27H,4-6,8,13-15H2,1-3H3,(H,24,29)/t20-,21+,23-/m1/s1. The van der Waals surface area contributed by atoms with Crippen molar-refractivity contribution < 1.29 is 14.7 Å². The Labute approximate surface area is 173 Å². The minimum atomic E-state index is -0.247. The zero-order chi connectivity index (χ0) is 21.0. The Kier molecular flexibility index (Phi) is 7.09. The number of aliphatic hydroxyl groups excluding tert-OH is 1. The molecule has 0 spiro atoms. The minimum Gasteiger partial charge on any atom is -0.394 e. The first-order chi connectivity index (χ1) is 13.9. The molecule has 2 aliphatic rings. The number of nitrogens with one attached hydrogen (secondary N) is 1. The smallest absolute Gasteiger partial charge is 0.234 e. The summed E-state index contributed by atoms with van der Waals surface area (Å²) in [4.78, 5) is 27.7. The number of nitrogens with zero attached hydrogens (tertiary/aromatic N) is 2. The molecule has 1 aromatic carbocycles. The summed E-state index contributed by atoms with van der Waals surface area (Å²) in [5, 5.41) is 12.9. The number of rotatable bonds is 7. The van der Waals surface area contributed by atoms with Gasteiger partial charge in [-0.2, -0.15) is 0 Å². The monoisotopic (exact) mass is 399 g/mol. The molecule has 158 valence electrons. The third-order valence-corrected chi connectivity index (χ3v) is 6.02. The molecule has 0 saturated carbocycles. The van der Waals surface area contributed by atoms with E-state index in [4.69, 9.17) is 0 Å². The van der Waals surface area contributed by atoms with Crippen molar-refractivity contribution in [1.29, 1.82) is 0 Å². The lowest BCUT2D eigenvalue weighted by atomic mass is 9.74. The van der Waals surface area contributed by atoms with Crippen molar-refractivity contribution in [3.05, 3.63) is 41.5 Å². The number of aliphatic hydroxyl groups is 1. The van der Waals surface area contributed by atoms with E-state index in [0.29, 0.717) is 13.1 Å². The Morgan fingerprint density at radius 2 is 1.90 bits per heavy atom. The van der Waals surface area contributed by atoms with Crippen LogP contribution in [0.3, 0.4) is 0 Å². The number of amides is 2. The number of likely N-dealkylation sites (N-methyl/N-ethyl adjacent to an activating group) is 1. The largest absolute Gasteiger partial charge is 0.394 e. The van der Waals surface area contributed by atoms with Crippen LogP contribution >= 0.6 is 0 Å². The minimum absolute atomic E-state index is 0.0120. The van der Waals surface area contributed by atoms with Gasteiger partial charge in [0, 0.05) is 19.4 Å². The van der Waals surface area contributed by atoms with Crippen LogP contribution in [0.25, 0.3) is 5.57 Å². The molecule has 1 aliphatic carbocycles. The van der Waals surface area contributed by atoms with Gasteiger partial charge < -0.3 is 20.2 Å². The Hall–Kier alpha value is -2.18. The van der Waals surface area contributed by atoms with E-state index in [1.54, 1.807) is 4.90 Å². The van der Waals surface area contributed by atoms with Crippen LogP contribution in [0, 0.1) is 0 Å². The zero-order valence-electron chi connectivity index (χ0n) is 17.7. The number of carbonyl (C=O) groups is 2. The molecule has 2 amide bonds. The number of hydrogen-bond acceptors (Lipinski definition) is 4. The van der Waals surface area contributed by atoms with Crippen LogP contribution in [-0.4, -0.2) is 72.6 Å². The zero-order valence-corrected chi connectivity index (χ0v) is 17.7. The van der Waals surface area contributed by atoms with Gasteiger partial charge >= 0.3 is 0 Å². The van der Waals surface area contributed by atoms with Gasteiger partial charge in [0.15, 0.2) is 0 Å². The Morgan fingerprint density at radius 1 is 1.17 bits per heavy atom. The van der Waals surface area contributed by atoms with Crippen LogP contribution in [-0.2, 0) is 9.59 Å². The predicted molar refractivity (Wildman–Crippen MR) is 114 cm³/mol. The van der Waals surface area contributed by atoms with Crippen LogP contribution in [0.1, 0.15) is 49.7 Å². The SMILES string of the molecule is CC(=O)N1[C@H](CNC(=O)CN(C)C)[C@@H](c2ccc(C3=CCCCC3)cc2)[C@@H]1CO. The quantitative estimate of drug-likeness (QED) is 0.736. The van der Waals surface area contributed by atoms with Crippen molar-refractivity contribution in [2.24, 2.45) is 0 Å². The lowest BCUT2D eigenvalue weighted by molar-refractivity contribution is -0.148. The maximum Gasteiger partial charge on any atom is 0.234 e. The molecule has 3 rings (SSSR count). The van der Waals surface area contributed by atoms with Gasteiger partial charge in [0.25, 0.3) is 0 Å². The van der Waals surface area contributed by atoms with Crippen molar-refractivity contribution in [3.8, 4) is 0 Å². The molecule has 29 heavy (non-hydrogen) atoms. The van der Waals surface area contributed by atoms with Crippen LogP contribution < -0.4 is 5.32 Å². The van der Waals surface area contributed by atoms with Crippen molar-refractivity contribution in [3.63, 3.8) is 0 Å². The maximum absolute atomic E-state index is 12.2. The van der Waals surface area contributed by atoms with E-state index in [1.807, 2.05) is 19.0 Å². The van der Waals surface area contributed by atoms with Crippen molar-refractivity contribution in [1.82, 2.24) is 15.1 Å². The van der Waals surface area contributed by atoms with Gasteiger partial charge in [0.1, 0.15) is 0 Å². The maximum atomic E-state index is 12.2. The third-order valence-electron chi connectivity index (χ3n) is 6.02. The van der Waals surface area contributed by atoms with E-state index in [1.165, 1.54) is 30.9 Å². The summed E-state index contributed by atoms with van der Waals surface area (Å²) in [7, 11) is 3.69. The molecule has 6 heteroatoms. The lowest BCUT2D eigenvalue weighted by Crippen LogP contribution is -2.68. The molecular weight excluding hydrogens is 366 g/mol. The van der Waals surface area contributed by atoms with E-state index in [2.05, 4.69) is 35.7 Å². The van der Waals surface area contributed by atoms with Crippen LogP contribution in [0.4, 0.5) is 0 Å². The summed E-state index contributed by atoms with van der Waals surface area (Å²) in [5.74, 6) is -0.127. The molecule has 0 aromatic heterocycles. The second kappa shape index (κ2) is 9.55. The van der Waals surface area contributed by atoms with Crippen LogP contribution in [0.15, 0.2) is 30.3 Å². The number of hydrogen-bond donors (Lipinski definition) is 2. The molecule has 1 saturated heterocycles. The third kappa shape index (κ3) is 4.87. The average molecular weight is 400 g/mol. The molecule has 0 radical (unpaired) electrons. The second-order valence-electron chi connectivity index (χ2n) is 8.41. The van der Waals surface area contributed by atoms with Gasteiger partial charge in [-0.3, -0.25) is 9.59 Å². The van der Waals surface area contributed by atoms with Crippen molar-refractivity contribution in [2.45, 2.75) is 50.6 Å². The Balaban J connectivity index is 1.75. The summed E-state index contributed by atoms with van der Waals surface area (Å²) in [6.07, 6.45) is 7.11. The highest BCUT2D eigenvalue weighted by molar-refractivity contribution is 5.79. The summed E-state index contributed by atoms with van der Waals surface area (Å²) < 4.78 is 0. The predicted octanol–water partition coefficient (Wildman–Crippen LogP) is 2.00. The molecule has 1 aliphatic heterocycles. The van der Waals surface area contributed by atoms with Gasteiger partial charge in [-0.1, -0.05) is 30.3 Å². The summed E-state index contributed by atoms with van der Waals surface area (Å²) in [6, 6.07) is 8.14. The fourth-order valence-electron chi connectivity index (χ4n) is 4.67. The van der Waals surface area contributed by atoms with Crippen LogP contribution in [0.2, 0.25) is 0 Å². The van der Waals surface area contributed by atoms with Gasteiger partial charge in [-0.25, -0.2) is 0 Å². The highest BCUT2D eigenvalue weighted by Gasteiger charge is 2.49. The first kappa shape index (κ1) is 21.5. The van der Waals surface area contributed by atoms with Crippen molar-refractivity contribution in [2.75, 3.05) is 33.8 Å². The highest BCUT2D eigenvalue weighted by Crippen LogP contribution is 2.41. The van der Waals surface area contributed by atoms with E-state index < -0.39 is 0 Å². The summed E-state index contributed by atoms with van der Waals surface area (Å²) >= 11 is 0. The molecular formula is C23H33N3O3. The van der Waals surface area contributed by atoms with Gasteiger partial charge in [0.05, 0.1) is 25.2 Å². The first-order valence-corrected chi connectivity index (χ1v) is 10.5. The van der Waals surface area contributed by atoms with E-state index in [0.717, 1.165) is 18.4 Å². The Bertz CT molecular complexity index is 757. The topological polar surface area (TPSA) is 72.9 Å². The molecule has 6 nitrogen and oxygen atoms in total. The number of likely N-dealkylation sites (tertiary alicyclic amines) is 1. The van der Waals surface area contributed by atoms with Gasteiger partial charge in [-0.05, 0) is 56.5 Å². The summed E-state index contributed by atoms with van der Waals surface area (Å²) in [5.41, 5.74) is 3.77. The van der Waals surface area contributed by atoms with E-state index in [9.17, 15) is 14.7 Å². The highest BCUT2D eigenvalue weighted by atomic mass is 16.3. The normalized spacial score (nSPS) is 24.1. The molecule has 3 atom stereocenters. The second-order valence-corrected chi connectivity index (χ2v) is 8.41. The van der Waals surface area contributed by atoms with Crippen LogP contribution in [0.5, 0.6) is 0 Å². The fraction of sp³-hybridized carbons (Fsp3) is 0.565. The van der Waals surface area contributed by atoms with Crippen molar-refractivity contribution >= 4 is 17.4 Å². The van der Waals surface area contributed by atoms with E-state index in [-0.39, 0.29) is 36.4 Å². The fourth-order valence-corrected chi connectivity index (χ4v) is 4.67. The number of benzene rings is 1. The molecule has 2 N–H and O–H groups in total. The molecule has 0 bridgehead atoms. The first-order valence-electron chi connectivity index (χ1n) is 10.5. The molecule has 0 unspecified atom stereocenters. The van der Waals surface area contributed by atoms with Gasteiger partial charge in [-0.15, -0.1) is 0 Å².